The lowest BCUT2D eigenvalue weighted by atomic mass is 9.91. The van der Waals surface area contributed by atoms with Crippen molar-refractivity contribution in [2.45, 2.75) is 57.8 Å². The van der Waals surface area contributed by atoms with E-state index in [1.54, 1.807) is 0 Å². The summed E-state index contributed by atoms with van der Waals surface area (Å²) in [5.41, 5.74) is 1.47. The number of hydrogen-bond donors (Lipinski definition) is 0. The van der Waals surface area contributed by atoms with Crippen molar-refractivity contribution in [2.75, 3.05) is 0 Å². The predicted octanol–water partition coefficient (Wildman–Crippen LogP) is 4.37. The molecule has 0 amide bonds. The number of aromatic nitrogens is 1. The van der Waals surface area contributed by atoms with Gasteiger partial charge in [0, 0.05) is 12.4 Å². The van der Waals surface area contributed by atoms with Crippen LogP contribution in [-0.4, -0.2) is 4.98 Å². The van der Waals surface area contributed by atoms with Crippen LogP contribution in [0.4, 0.5) is 0 Å². The summed E-state index contributed by atoms with van der Waals surface area (Å²) in [4.78, 5) is 4.09. The Morgan fingerprint density at radius 1 is 0.875 bits per heavy atom. The molecule has 0 aromatic carbocycles. The van der Waals surface area contributed by atoms with Gasteiger partial charge in [0.25, 0.3) is 0 Å². The van der Waals surface area contributed by atoms with Crippen LogP contribution in [0.2, 0.25) is 0 Å². The molecule has 16 heavy (non-hydrogen) atoms. The maximum absolute atomic E-state index is 4.09. The van der Waals surface area contributed by atoms with Crippen LogP contribution in [0.1, 0.15) is 56.9 Å². The lowest BCUT2D eigenvalue weighted by Crippen LogP contribution is -2.04. The molecule has 0 atom stereocenters. The molecule has 0 radical (unpaired) electrons. The van der Waals surface area contributed by atoms with E-state index in [9.17, 15) is 0 Å². The van der Waals surface area contributed by atoms with Gasteiger partial charge in [-0.25, -0.2) is 0 Å². The largest absolute Gasteiger partial charge is 0.265 e. The summed E-state index contributed by atoms with van der Waals surface area (Å²) in [6, 6.07) is 4.35. The molecule has 1 nitrogen and oxygen atoms in total. The van der Waals surface area contributed by atoms with E-state index in [-0.39, 0.29) is 0 Å². The Balaban J connectivity index is 1.86. The van der Waals surface area contributed by atoms with E-state index >= 15 is 0 Å². The number of pyridine rings is 1. The van der Waals surface area contributed by atoms with Gasteiger partial charge in [-0.3, -0.25) is 4.98 Å². The SMILES string of the molecule is c1cc(CC2CCCCCCCC2)ccn1. The molecule has 0 saturated heterocycles. The Labute approximate surface area is 99.3 Å². The Morgan fingerprint density at radius 2 is 1.44 bits per heavy atom. The summed E-state index contributed by atoms with van der Waals surface area (Å²) >= 11 is 0. The van der Waals surface area contributed by atoms with E-state index in [2.05, 4.69) is 17.1 Å². The Morgan fingerprint density at radius 3 is 2.06 bits per heavy atom. The average molecular weight is 217 g/mol. The Hall–Kier alpha value is -0.850. The van der Waals surface area contributed by atoms with Gasteiger partial charge in [0.2, 0.25) is 0 Å². The molecule has 0 unspecified atom stereocenters. The van der Waals surface area contributed by atoms with Crippen LogP contribution in [0.15, 0.2) is 24.5 Å². The highest BCUT2D eigenvalue weighted by molar-refractivity contribution is 5.10. The molecule has 1 heteroatoms. The minimum absolute atomic E-state index is 0.917. The summed E-state index contributed by atoms with van der Waals surface area (Å²) in [5, 5.41) is 0. The maximum atomic E-state index is 4.09. The van der Waals surface area contributed by atoms with E-state index in [0.29, 0.717) is 0 Å². The quantitative estimate of drug-likeness (QED) is 0.716. The molecule has 1 aliphatic rings. The van der Waals surface area contributed by atoms with Crippen LogP contribution in [0.3, 0.4) is 0 Å². The number of nitrogens with zero attached hydrogens (tertiary/aromatic N) is 1. The van der Waals surface area contributed by atoms with E-state index in [4.69, 9.17) is 0 Å². The molecule has 0 spiro atoms. The van der Waals surface area contributed by atoms with Gasteiger partial charge < -0.3 is 0 Å². The summed E-state index contributed by atoms with van der Waals surface area (Å²) in [7, 11) is 0. The average Bonchev–Trinajstić information content (AvgIpc) is 2.45. The van der Waals surface area contributed by atoms with E-state index in [1.165, 1.54) is 63.4 Å². The second-order valence-corrected chi connectivity index (χ2v) is 5.12. The third-order valence-electron chi connectivity index (χ3n) is 3.75. The molecule has 1 fully saturated rings. The molecular formula is C15H23N. The molecule has 1 aliphatic carbocycles. The van der Waals surface area contributed by atoms with Crippen molar-refractivity contribution in [2.24, 2.45) is 5.92 Å². The Kier molecular flexibility index (Phi) is 4.85. The minimum atomic E-state index is 0.917. The number of hydrogen-bond acceptors (Lipinski definition) is 1. The van der Waals surface area contributed by atoms with Gasteiger partial charge in [0.05, 0.1) is 0 Å². The third-order valence-corrected chi connectivity index (χ3v) is 3.75. The normalized spacial score (nSPS) is 19.8. The second kappa shape index (κ2) is 6.67. The third kappa shape index (κ3) is 3.96. The van der Waals surface area contributed by atoms with Gasteiger partial charge in [-0.1, -0.05) is 51.4 Å². The van der Waals surface area contributed by atoms with Crippen molar-refractivity contribution in [1.82, 2.24) is 4.98 Å². The lowest BCUT2D eigenvalue weighted by Gasteiger charge is -2.15. The minimum Gasteiger partial charge on any atom is -0.265 e. The van der Waals surface area contributed by atoms with Gasteiger partial charge in [-0.2, -0.15) is 0 Å². The zero-order valence-electron chi connectivity index (χ0n) is 10.2. The molecule has 1 aromatic rings. The molecule has 0 aliphatic heterocycles. The van der Waals surface area contributed by atoms with Crippen molar-refractivity contribution < 1.29 is 0 Å². The van der Waals surface area contributed by atoms with Gasteiger partial charge in [0.15, 0.2) is 0 Å². The standard InChI is InChI=1S/C15H23N/c1-2-4-6-8-14(7-5-3-1)13-15-9-11-16-12-10-15/h9-12,14H,1-8,13H2. The highest BCUT2D eigenvalue weighted by atomic mass is 14.6. The fourth-order valence-corrected chi connectivity index (χ4v) is 2.77. The second-order valence-electron chi connectivity index (χ2n) is 5.12. The van der Waals surface area contributed by atoms with Crippen LogP contribution in [0.5, 0.6) is 0 Å². The lowest BCUT2D eigenvalue weighted by molar-refractivity contribution is 0.425. The summed E-state index contributed by atoms with van der Waals surface area (Å²) in [5.74, 6) is 0.917. The van der Waals surface area contributed by atoms with E-state index in [1.807, 2.05) is 12.4 Å². The molecule has 0 bridgehead atoms. The van der Waals surface area contributed by atoms with Gasteiger partial charge >= 0.3 is 0 Å². The zero-order valence-corrected chi connectivity index (χ0v) is 10.2. The van der Waals surface area contributed by atoms with E-state index in [0.717, 1.165) is 5.92 Å². The maximum Gasteiger partial charge on any atom is 0.0270 e. The van der Waals surface area contributed by atoms with E-state index < -0.39 is 0 Å². The Bertz CT molecular complexity index is 271. The van der Waals surface area contributed by atoms with Crippen LogP contribution in [0.25, 0.3) is 0 Å². The molecule has 1 heterocycles. The van der Waals surface area contributed by atoms with Crippen molar-refractivity contribution >= 4 is 0 Å². The summed E-state index contributed by atoms with van der Waals surface area (Å²) in [6.45, 7) is 0. The highest BCUT2D eigenvalue weighted by Crippen LogP contribution is 2.24. The monoisotopic (exact) mass is 217 g/mol. The summed E-state index contributed by atoms with van der Waals surface area (Å²) in [6.07, 6.45) is 16.7. The first-order valence-electron chi connectivity index (χ1n) is 6.84. The first-order valence-corrected chi connectivity index (χ1v) is 6.84. The topological polar surface area (TPSA) is 12.9 Å². The first kappa shape index (κ1) is 11.6. The fourth-order valence-electron chi connectivity index (χ4n) is 2.77. The molecule has 1 saturated carbocycles. The fraction of sp³-hybridized carbons (Fsp3) is 0.667. The van der Waals surface area contributed by atoms with Crippen molar-refractivity contribution in [3.63, 3.8) is 0 Å². The smallest absolute Gasteiger partial charge is 0.0270 e. The molecule has 1 aromatic heterocycles. The first-order chi connectivity index (χ1) is 7.95. The van der Waals surface area contributed by atoms with Gasteiger partial charge in [-0.05, 0) is 30.0 Å². The molecule has 0 N–H and O–H groups in total. The van der Waals surface area contributed by atoms with Crippen LogP contribution < -0.4 is 0 Å². The zero-order chi connectivity index (χ0) is 11.1. The van der Waals surface area contributed by atoms with Crippen LogP contribution >= 0.6 is 0 Å². The van der Waals surface area contributed by atoms with Crippen molar-refractivity contribution in [3.8, 4) is 0 Å². The van der Waals surface area contributed by atoms with Gasteiger partial charge in [-0.15, -0.1) is 0 Å². The highest BCUT2D eigenvalue weighted by Gasteiger charge is 2.11. The molecule has 88 valence electrons. The molecule has 2 rings (SSSR count). The van der Waals surface area contributed by atoms with Crippen molar-refractivity contribution in [1.29, 1.82) is 0 Å². The molecular weight excluding hydrogens is 194 g/mol. The summed E-state index contributed by atoms with van der Waals surface area (Å²) < 4.78 is 0. The number of rotatable bonds is 2. The predicted molar refractivity (Wildman–Crippen MR) is 68.4 cm³/mol. The van der Waals surface area contributed by atoms with Crippen molar-refractivity contribution in [3.05, 3.63) is 30.1 Å². The van der Waals surface area contributed by atoms with Crippen LogP contribution in [-0.2, 0) is 6.42 Å². The van der Waals surface area contributed by atoms with Crippen LogP contribution in [0, 0.1) is 5.92 Å². The van der Waals surface area contributed by atoms with Gasteiger partial charge in [0.1, 0.15) is 0 Å².